The van der Waals surface area contributed by atoms with E-state index in [-0.39, 0.29) is 11.9 Å². The van der Waals surface area contributed by atoms with Crippen molar-refractivity contribution in [1.82, 2.24) is 5.32 Å². The molecule has 1 unspecified atom stereocenters. The Morgan fingerprint density at radius 2 is 1.85 bits per heavy atom. The fourth-order valence-electron chi connectivity index (χ4n) is 2.11. The van der Waals surface area contributed by atoms with Gasteiger partial charge in [0.1, 0.15) is 0 Å². The molecule has 2 rings (SSSR count). The third-order valence-electron chi connectivity index (χ3n) is 3.30. The molecule has 106 valence electrons. The Kier molecular flexibility index (Phi) is 4.96. The van der Waals surface area contributed by atoms with E-state index in [1.807, 2.05) is 37.3 Å². The first-order chi connectivity index (χ1) is 9.56. The maximum absolute atomic E-state index is 12.2. The summed E-state index contributed by atoms with van der Waals surface area (Å²) in [6, 6.07) is 12.2. The molecule has 0 aliphatic rings. The fourth-order valence-corrected chi connectivity index (χ4v) is 2.94. The summed E-state index contributed by atoms with van der Waals surface area (Å²) < 4.78 is 0. The molecule has 0 bridgehead atoms. The molecule has 1 aromatic heterocycles. The molecular formula is C17H21NOS. The SMILES string of the molecule is CC(Cc1cccs1)NC(=O)c1ccc(C(C)C)cc1. The summed E-state index contributed by atoms with van der Waals surface area (Å²) in [4.78, 5) is 13.5. The largest absolute Gasteiger partial charge is 0.349 e. The van der Waals surface area contributed by atoms with Gasteiger partial charge in [-0.3, -0.25) is 4.79 Å². The van der Waals surface area contributed by atoms with Crippen LogP contribution in [-0.2, 0) is 6.42 Å². The van der Waals surface area contributed by atoms with Crippen LogP contribution < -0.4 is 5.32 Å². The Labute approximate surface area is 124 Å². The summed E-state index contributed by atoms with van der Waals surface area (Å²) in [5.74, 6) is 0.495. The van der Waals surface area contributed by atoms with Crippen LogP contribution in [0.3, 0.4) is 0 Å². The van der Waals surface area contributed by atoms with Crippen molar-refractivity contribution in [3.05, 3.63) is 57.8 Å². The zero-order valence-electron chi connectivity index (χ0n) is 12.2. The number of carbonyl (C=O) groups is 1. The molecule has 1 aromatic carbocycles. The van der Waals surface area contributed by atoms with Gasteiger partial charge in [-0.25, -0.2) is 0 Å². The minimum absolute atomic E-state index is 0.00404. The van der Waals surface area contributed by atoms with Crippen molar-refractivity contribution in [2.75, 3.05) is 0 Å². The summed E-state index contributed by atoms with van der Waals surface area (Å²) in [7, 11) is 0. The van der Waals surface area contributed by atoms with Crippen molar-refractivity contribution in [3.63, 3.8) is 0 Å². The lowest BCUT2D eigenvalue weighted by atomic mass is 10.0. The van der Waals surface area contributed by atoms with Gasteiger partial charge in [0.2, 0.25) is 0 Å². The molecule has 1 amide bonds. The molecule has 0 spiro atoms. The normalized spacial score (nSPS) is 12.4. The van der Waals surface area contributed by atoms with E-state index in [1.165, 1.54) is 10.4 Å². The van der Waals surface area contributed by atoms with E-state index < -0.39 is 0 Å². The number of hydrogen-bond donors (Lipinski definition) is 1. The Hall–Kier alpha value is -1.61. The smallest absolute Gasteiger partial charge is 0.251 e. The highest BCUT2D eigenvalue weighted by Gasteiger charge is 2.11. The van der Waals surface area contributed by atoms with Crippen LogP contribution in [0.5, 0.6) is 0 Å². The topological polar surface area (TPSA) is 29.1 Å². The molecule has 1 N–H and O–H groups in total. The van der Waals surface area contributed by atoms with Gasteiger partial charge in [-0.2, -0.15) is 0 Å². The van der Waals surface area contributed by atoms with Gasteiger partial charge < -0.3 is 5.32 Å². The minimum atomic E-state index is 0.00404. The molecule has 0 aliphatic heterocycles. The van der Waals surface area contributed by atoms with Crippen molar-refractivity contribution >= 4 is 17.2 Å². The summed E-state index contributed by atoms with van der Waals surface area (Å²) in [5.41, 5.74) is 1.99. The molecule has 2 nitrogen and oxygen atoms in total. The van der Waals surface area contributed by atoms with E-state index in [4.69, 9.17) is 0 Å². The molecule has 3 heteroatoms. The quantitative estimate of drug-likeness (QED) is 0.876. The number of nitrogens with one attached hydrogen (secondary N) is 1. The molecular weight excluding hydrogens is 266 g/mol. The standard InChI is InChI=1S/C17H21NOS/c1-12(2)14-6-8-15(9-7-14)17(19)18-13(3)11-16-5-4-10-20-16/h4-10,12-13H,11H2,1-3H3,(H,18,19). The summed E-state index contributed by atoms with van der Waals surface area (Å²) >= 11 is 1.73. The highest BCUT2D eigenvalue weighted by Crippen LogP contribution is 2.15. The van der Waals surface area contributed by atoms with E-state index in [0.717, 1.165) is 12.0 Å². The minimum Gasteiger partial charge on any atom is -0.349 e. The number of carbonyl (C=O) groups excluding carboxylic acids is 1. The monoisotopic (exact) mass is 287 g/mol. The maximum atomic E-state index is 12.2. The van der Waals surface area contributed by atoms with Gasteiger partial charge in [-0.05, 0) is 42.0 Å². The van der Waals surface area contributed by atoms with Crippen LogP contribution in [0, 0.1) is 0 Å². The van der Waals surface area contributed by atoms with Gasteiger partial charge in [0, 0.05) is 22.9 Å². The maximum Gasteiger partial charge on any atom is 0.251 e. The predicted octanol–water partition coefficient (Wildman–Crippen LogP) is 4.23. The number of hydrogen-bond acceptors (Lipinski definition) is 2. The van der Waals surface area contributed by atoms with Gasteiger partial charge in [-0.1, -0.05) is 32.0 Å². The first kappa shape index (κ1) is 14.8. The van der Waals surface area contributed by atoms with Gasteiger partial charge in [-0.15, -0.1) is 11.3 Å². The number of amides is 1. The van der Waals surface area contributed by atoms with Crippen LogP contribution in [0.2, 0.25) is 0 Å². The molecule has 1 heterocycles. The molecule has 0 fully saturated rings. The van der Waals surface area contributed by atoms with Gasteiger partial charge in [0.15, 0.2) is 0 Å². The van der Waals surface area contributed by atoms with E-state index >= 15 is 0 Å². The van der Waals surface area contributed by atoms with Crippen molar-refractivity contribution in [2.45, 2.75) is 39.2 Å². The van der Waals surface area contributed by atoms with E-state index in [2.05, 4.69) is 30.6 Å². The van der Waals surface area contributed by atoms with E-state index in [0.29, 0.717) is 5.92 Å². The molecule has 0 aliphatic carbocycles. The zero-order chi connectivity index (χ0) is 14.5. The van der Waals surface area contributed by atoms with Crippen LogP contribution in [0.1, 0.15) is 47.5 Å². The average molecular weight is 287 g/mol. The number of benzene rings is 1. The molecule has 2 aromatic rings. The summed E-state index contributed by atoms with van der Waals surface area (Å²) in [5, 5.41) is 5.11. The van der Waals surface area contributed by atoms with Crippen molar-refractivity contribution in [2.24, 2.45) is 0 Å². The zero-order valence-corrected chi connectivity index (χ0v) is 13.0. The van der Waals surface area contributed by atoms with Crippen LogP contribution in [0.15, 0.2) is 41.8 Å². The number of rotatable bonds is 5. The van der Waals surface area contributed by atoms with Gasteiger partial charge >= 0.3 is 0 Å². The number of thiophene rings is 1. The lowest BCUT2D eigenvalue weighted by Gasteiger charge is -2.13. The van der Waals surface area contributed by atoms with Crippen LogP contribution in [-0.4, -0.2) is 11.9 Å². The highest BCUT2D eigenvalue weighted by molar-refractivity contribution is 7.09. The first-order valence-electron chi connectivity index (χ1n) is 6.99. The summed E-state index contributed by atoms with van der Waals surface area (Å²) in [6.45, 7) is 6.34. The van der Waals surface area contributed by atoms with Gasteiger partial charge in [0.25, 0.3) is 5.91 Å². The van der Waals surface area contributed by atoms with E-state index in [1.54, 1.807) is 11.3 Å². The third kappa shape index (κ3) is 3.94. The average Bonchev–Trinajstić information content (AvgIpc) is 2.91. The molecule has 0 saturated carbocycles. The summed E-state index contributed by atoms with van der Waals surface area (Å²) in [6.07, 6.45) is 0.882. The highest BCUT2D eigenvalue weighted by atomic mass is 32.1. The van der Waals surface area contributed by atoms with Gasteiger partial charge in [0.05, 0.1) is 0 Å². The lowest BCUT2D eigenvalue weighted by molar-refractivity contribution is 0.0940. The second-order valence-electron chi connectivity index (χ2n) is 5.43. The molecule has 1 atom stereocenters. The van der Waals surface area contributed by atoms with Crippen LogP contribution in [0.25, 0.3) is 0 Å². The molecule has 20 heavy (non-hydrogen) atoms. The Balaban J connectivity index is 1.93. The van der Waals surface area contributed by atoms with E-state index in [9.17, 15) is 4.79 Å². The second-order valence-corrected chi connectivity index (χ2v) is 6.47. The van der Waals surface area contributed by atoms with Crippen LogP contribution in [0.4, 0.5) is 0 Å². The first-order valence-corrected chi connectivity index (χ1v) is 7.87. The molecule has 0 radical (unpaired) electrons. The molecule has 0 saturated heterocycles. The Morgan fingerprint density at radius 3 is 2.40 bits per heavy atom. The van der Waals surface area contributed by atoms with Crippen molar-refractivity contribution < 1.29 is 4.79 Å². The predicted molar refractivity (Wildman–Crippen MR) is 85.5 cm³/mol. The Bertz CT molecular complexity index is 543. The Morgan fingerprint density at radius 1 is 1.15 bits per heavy atom. The third-order valence-corrected chi connectivity index (χ3v) is 4.20. The van der Waals surface area contributed by atoms with Crippen LogP contribution >= 0.6 is 11.3 Å². The lowest BCUT2D eigenvalue weighted by Crippen LogP contribution is -2.33. The van der Waals surface area contributed by atoms with Crippen molar-refractivity contribution in [1.29, 1.82) is 0 Å². The fraction of sp³-hybridized carbons (Fsp3) is 0.353. The second kappa shape index (κ2) is 6.71. The van der Waals surface area contributed by atoms with Crippen molar-refractivity contribution in [3.8, 4) is 0 Å².